The van der Waals surface area contributed by atoms with Crippen molar-refractivity contribution in [3.05, 3.63) is 35.4 Å². The van der Waals surface area contributed by atoms with Crippen LogP contribution in [0.2, 0.25) is 0 Å². The summed E-state index contributed by atoms with van der Waals surface area (Å²) in [5.74, 6) is 2.38. The molecule has 0 bridgehead atoms. The van der Waals surface area contributed by atoms with Crippen molar-refractivity contribution in [2.45, 2.75) is 40.2 Å². The molecular weight excluding hydrogens is 256 g/mol. The second-order valence-corrected chi connectivity index (χ2v) is 7.35. The average Bonchev–Trinajstić information content (AvgIpc) is 2.75. The molecule has 2 heteroatoms. The van der Waals surface area contributed by atoms with Crippen molar-refractivity contribution in [1.29, 1.82) is 0 Å². The summed E-state index contributed by atoms with van der Waals surface area (Å²) in [4.78, 5) is 2.61. The number of likely N-dealkylation sites (tertiary alicyclic amines) is 1. The summed E-state index contributed by atoms with van der Waals surface area (Å²) in [6.45, 7) is 12.9. The Morgan fingerprint density at radius 2 is 1.67 bits per heavy atom. The van der Waals surface area contributed by atoms with Crippen LogP contribution in [0, 0.1) is 17.8 Å². The number of benzene rings is 1. The van der Waals surface area contributed by atoms with Crippen molar-refractivity contribution in [2.75, 3.05) is 26.7 Å². The molecule has 1 N–H and O–H groups in total. The molecule has 0 amide bonds. The van der Waals surface area contributed by atoms with Gasteiger partial charge in [-0.15, -0.1) is 0 Å². The van der Waals surface area contributed by atoms with Gasteiger partial charge in [0.05, 0.1) is 0 Å². The van der Waals surface area contributed by atoms with Crippen LogP contribution in [0.4, 0.5) is 0 Å². The van der Waals surface area contributed by atoms with E-state index in [4.69, 9.17) is 0 Å². The molecule has 2 rings (SSSR count). The number of rotatable bonds is 6. The third kappa shape index (κ3) is 4.55. The van der Waals surface area contributed by atoms with Gasteiger partial charge in [0.2, 0.25) is 0 Å². The van der Waals surface area contributed by atoms with Gasteiger partial charge in [0.25, 0.3) is 0 Å². The highest BCUT2D eigenvalue weighted by molar-refractivity contribution is 5.25. The van der Waals surface area contributed by atoms with Crippen molar-refractivity contribution in [3.63, 3.8) is 0 Å². The summed E-state index contributed by atoms with van der Waals surface area (Å²) in [6, 6.07) is 9.66. The number of nitrogens with zero attached hydrogens (tertiary/aromatic N) is 1. The SMILES string of the molecule is CNC(CN1CC(C)C(C)C1)c1ccc(CC(C)C)cc1. The minimum atomic E-state index is 0.440. The number of likely N-dealkylation sites (N-methyl/N-ethyl adjacent to an activating group) is 1. The smallest absolute Gasteiger partial charge is 0.0446 e. The Kier molecular flexibility index (Phi) is 5.83. The van der Waals surface area contributed by atoms with Crippen molar-refractivity contribution in [1.82, 2.24) is 10.2 Å². The lowest BCUT2D eigenvalue weighted by atomic mass is 9.99. The quantitative estimate of drug-likeness (QED) is 0.858. The van der Waals surface area contributed by atoms with Gasteiger partial charge in [0, 0.05) is 25.7 Å². The van der Waals surface area contributed by atoms with Crippen molar-refractivity contribution < 1.29 is 0 Å². The second kappa shape index (κ2) is 7.42. The Morgan fingerprint density at radius 1 is 1.10 bits per heavy atom. The molecule has 0 aromatic heterocycles. The number of hydrogen-bond donors (Lipinski definition) is 1. The van der Waals surface area contributed by atoms with Crippen LogP contribution in [0.15, 0.2) is 24.3 Å². The third-order valence-electron chi connectivity index (χ3n) is 4.88. The lowest BCUT2D eigenvalue weighted by Crippen LogP contribution is -2.32. The van der Waals surface area contributed by atoms with E-state index in [0.29, 0.717) is 6.04 Å². The molecule has 1 aliphatic rings. The van der Waals surface area contributed by atoms with E-state index in [1.54, 1.807) is 0 Å². The van der Waals surface area contributed by atoms with E-state index in [9.17, 15) is 0 Å². The fraction of sp³-hybridized carbons (Fsp3) is 0.684. The maximum atomic E-state index is 3.49. The zero-order valence-electron chi connectivity index (χ0n) is 14.4. The van der Waals surface area contributed by atoms with Gasteiger partial charge in [-0.1, -0.05) is 52.0 Å². The molecule has 2 nitrogen and oxygen atoms in total. The first-order chi connectivity index (χ1) is 9.99. The fourth-order valence-corrected chi connectivity index (χ4v) is 3.38. The molecule has 0 aliphatic carbocycles. The van der Waals surface area contributed by atoms with Crippen LogP contribution < -0.4 is 5.32 Å². The molecule has 21 heavy (non-hydrogen) atoms. The highest BCUT2D eigenvalue weighted by atomic mass is 15.2. The first-order valence-corrected chi connectivity index (χ1v) is 8.48. The maximum Gasteiger partial charge on any atom is 0.0446 e. The molecule has 1 aromatic carbocycles. The van der Waals surface area contributed by atoms with Crippen LogP contribution >= 0.6 is 0 Å². The normalized spacial score (nSPS) is 24.7. The predicted molar refractivity (Wildman–Crippen MR) is 91.6 cm³/mol. The summed E-state index contributed by atoms with van der Waals surface area (Å²) in [5.41, 5.74) is 2.87. The van der Waals surface area contributed by atoms with E-state index in [1.165, 1.54) is 30.6 Å². The predicted octanol–water partition coefficient (Wildman–Crippen LogP) is 3.73. The first-order valence-electron chi connectivity index (χ1n) is 8.48. The Bertz CT molecular complexity index is 414. The highest BCUT2D eigenvalue weighted by Gasteiger charge is 2.27. The van der Waals surface area contributed by atoms with E-state index >= 15 is 0 Å². The van der Waals surface area contributed by atoms with Crippen LogP contribution in [-0.2, 0) is 6.42 Å². The second-order valence-electron chi connectivity index (χ2n) is 7.35. The Labute approximate surface area is 130 Å². The van der Waals surface area contributed by atoms with Gasteiger partial charge < -0.3 is 10.2 Å². The molecule has 1 saturated heterocycles. The summed E-state index contributed by atoms with van der Waals surface area (Å²) in [5, 5.41) is 3.49. The molecule has 0 radical (unpaired) electrons. The van der Waals surface area contributed by atoms with Crippen LogP contribution in [0.3, 0.4) is 0 Å². The number of hydrogen-bond acceptors (Lipinski definition) is 2. The molecular formula is C19H32N2. The van der Waals surface area contributed by atoms with Crippen molar-refractivity contribution >= 4 is 0 Å². The summed E-state index contributed by atoms with van der Waals surface area (Å²) in [6.07, 6.45) is 1.17. The van der Waals surface area contributed by atoms with Gasteiger partial charge in [-0.05, 0) is 42.3 Å². The van der Waals surface area contributed by atoms with Crippen molar-refractivity contribution in [2.24, 2.45) is 17.8 Å². The Morgan fingerprint density at radius 3 is 2.14 bits per heavy atom. The first kappa shape index (κ1) is 16.5. The molecule has 1 aromatic rings. The van der Waals surface area contributed by atoms with E-state index < -0.39 is 0 Å². The zero-order chi connectivity index (χ0) is 15.4. The topological polar surface area (TPSA) is 15.3 Å². The molecule has 3 unspecified atom stereocenters. The molecule has 1 fully saturated rings. The molecule has 1 aliphatic heterocycles. The highest BCUT2D eigenvalue weighted by Crippen LogP contribution is 2.25. The summed E-state index contributed by atoms with van der Waals surface area (Å²) in [7, 11) is 2.08. The fourth-order valence-electron chi connectivity index (χ4n) is 3.38. The third-order valence-corrected chi connectivity index (χ3v) is 4.88. The largest absolute Gasteiger partial charge is 0.312 e. The monoisotopic (exact) mass is 288 g/mol. The Balaban J connectivity index is 1.97. The summed E-state index contributed by atoms with van der Waals surface area (Å²) < 4.78 is 0. The minimum absolute atomic E-state index is 0.440. The van der Waals surface area contributed by atoms with Gasteiger partial charge in [-0.25, -0.2) is 0 Å². The standard InChI is InChI=1S/C19H32N2/c1-14(2)10-17-6-8-18(9-7-17)19(20-5)13-21-11-15(3)16(4)12-21/h6-9,14-16,19-20H,10-13H2,1-5H3. The molecule has 118 valence electrons. The Hall–Kier alpha value is -0.860. The lowest BCUT2D eigenvalue weighted by Gasteiger charge is -2.24. The average molecular weight is 288 g/mol. The van der Waals surface area contributed by atoms with Gasteiger partial charge in [-0.2, -0.15) is 0 Å². The van der Waals surface area contributed by atoms with Gasteiger partial charge >= 0.3 is 0 Å². The van der Waals surface area contributed by atoms with Crippen molar-refractivity contribution in [3.8, 4) is 0 Å². The van der Waals surface area contributed by atoms with E-state index in [2.05, 4.69) is 69.2 Å². The van der Waals surface area contributed by atoms with Crippen LogP contribution in [0.5, 0.6) is 0 Å². The van der Waals surface area contributed by atoms with Gasteiger partial charge in [-0.3, -0.25) is 0 Å². The summed E-state index contributed by atoms with van der Waals surface area (Å²) >= 11 is 0. The van der Waals surface area contributed by atoms with Crippen LogP contribution in [0.25, 0.3) is 0 Å². The van der Waals surface area contributed by atoms with E-state index in [-0.39, 0.29) is 0 Å². The minimum Gasteiger partial charge on any atom is -0.312 e. The van der Waals surface area contributed by atoms with Gasteiger partial charge in [0.15, 0.2) is 0 Å². The number of nitrogens with one attached hydrogen (secondary N) is 1. The molecule has 3 atom stereocenters. The zero-order valence-corrected chi connectivity index (χ0v) is 14.4. The van der Waals surface area contributed by atoms with E-state index in [1.807, 2.05) is 0 Å². The lowest BCUT2D eigenvalue weighted by molar-refractivity contribution is 0.287. The maximum absolute atomic E-state index is 3.49. The molecule has 0 saturated carbocycles. The molecule has 1 heterocycles. The van der Waals surface area contributed by atoms with Crippen LogP contribution in [-0.4, -0.2) is 31.6 Å². The molecule has 0 spiro atoms. The van der Waals surface area contributed by atoms with Gasteiger partial charge in [0.1, 0.15) is 0 Å². The van der Waals surface area contributed by atoms with Crippen LogP contribution in [0.1, 0.15) is 44.9 Å². The van der Waals surface area contributed by atoms with E-state index in [0.717, 1.165) is 24.3 Å².